The Labute approximate surface area is 126 Å². The number of nitrogens with zero attached hydrogens (tertiary/aromatic N) is 2. The summed E-state index contributed by atoms with van der Waals surface area (Å²) >= 11 is 0. The Morgan fingerprint density at radius 3 is 2.95 bits per heavy atom. The summed E-state index contributed by atoms with van der Waals surface area (Å²) in [7, 11) is 3.02. The summed E-state index contributed by atoms with van der Waals surface area (Å²) in [5.41, 5.74) is 1.96. The number of amides is 2. The number of nitrogens with one attached hydrogen (secondary N) is 2. The largest absolute Gasteiger partial charge is 0.468 e. The number of hydrogen-bond acceptors (Lipinski definition) is 5. The molecule has 2 amide bonds. The first kappa shape index (κ1) is 14.2. The average molecular weight is 304 g/mol. The molecule has 0 aliphatic carbocycles. The van der Waals surface area contributed by atoms with Gasteiger partial charge in [0.25, 0.3) is 17.8 Å². The van der Waals surface area contributed by atoms with Gasteiger partial charge in [0.2, 0.25) is 0 Å². The standard InChI is InChI=1S/C14H16N4O4/c1-15-13(19)12-8-7-18(6-5-9(8)16-17-12)14(20)10-3-4-11(21-2)22-10/h3-4H,5-7H2,1-2H3,(H,15,19)(H,16,17). The second-order valence-corrected chi connectivity index (χ2v) is 4.91. The van der Waals surface area contributed by atoms with Gasteiger partial charge in [-0.3, -0.25) is 14.7 Å². The molecule has 2 aromatic rings. The van der Waals surface area contributed by atoms with Crippen LogP contribution in [-0.4, -0.2) is 47.6 Å². The predicted molar refractivity (Wildman–Crippen MR) is 75.7 cm³/mol. The number of ether oxygens (including phenoxy) is 1. The highest BCUT2D eigenvalue weighted by Crippen LogP contribution is 2.23. The summed E-state index contributed by atoms with van der Waals surface area (Å²) in [5, 5.41) is 9.44. The summed E-state index contributed by atoms with van der Waals surface area (Å²) in [4.78, 5) is 25.9. The molecule has 0 aromatic carbocycles. The molecule has 3 heterocycles. The molecule has 0 saturated heterocycles. The summed E-state index contributed by atoms with van der Waals surface area (Å²) in [5.74, 6) is -0.00910. The fourth-order valence-corrected chi connectivity index (χ4v) is 2.48. The molecule has 0 saturated carbocycles. The van der Waals surface area contributed by atoms with Gasteiger partial charge < -0.3 is 19.4 Å². The number of H-pyrrole nitrogens is 1. The SMILES string of the molecule is CNC(=O)c1n[nH]c2c1CN(C(=O)c1ccc(OC)o1)CC2. The number of hydrogen-bond donors (Lipinski definition) is 2. The second kappa shape index (κ2) is 5.55. The highest BCUT2D eigenvalue weighted by molar-refractivity contribution is 5.95. The van der Waals surface area contributed by atoms with Crippen molar-refractivity contribution >= 4 is 11.8 Å². The van der Waals surface area contributed by atoms with Crippen molar-refractivity contribution in [1.82, 2.24) is 20.4 Å². The molecule has 0 unspecified atom stereocenters. The van der Waals surface area contributed by atoms with Crippen molar-refractivity contribution in [3.63, 3.8) is 0 Å². The molecule has 8 nitrogen and oxygen atoms in total. The van der Waals surface area contributed by atoms with Crippen LogP contribution in [0.4, 0.5) is 0 Å². The third-order valence-corrected chi connectivity index (χ3v) is 3.66. The van der Waals surface area contributed by atoms with E-state index in [4.69, 9.17) is 9.15 Å². The molecule has 22 heavy (non-hydrogen) atoms. The molecular weight excluding hydrogens is 288 g/mol. The van der Waals surface area contributed by atoms with E-state index in [2.05, 4.69) is 15.5 Å². The molecule has 8 heteroatoms. The van der Waals surface area contributed by atoms with Gasteiger partial charge in [-0.2, -0.15) is 5.10 Å². The van der Waals surface area contributed by atoms with Crippen molar-refractivity contribution in [3.05, 3.63) is 34.8 Å². The van der Waals surface area contributed by atoms with Crippen molar-refractivity contribution < 1.29 is 18.7 Å². The fraction of sp³-hybridized carbons (Fsp3) is 0.357. The van der Waals surface area contributed by atoms with Gasteiger partial charge in [0, 0.05) is 37.3 Å². The number of carbonyl (C=O) groups excluding carboxylic acids is 2. The average Bonchev–Trinajstić information content (AvgIpc) is 3.19. The lowest BCUT2D eigenvalue weighted by Crippen LogP contribution is -2.36. The zero-order valence-electron chi connectivity index (χ0n) is 12.3. The first-order valence-electron chi connectivity index (χ1n) is 6.85. The molecule has 0 bridgehead atoms. The minimum atomic E-state index is -0.272. The molecule has 116 valence electrons. The fourth-order valence-electron chi connectivity index (χ4n) is 2.48. The number of aromatic nitrogens is 2. The third-order valence-electron chi connectivity index (χ3n) is 3.66. The van der Waals surface area contributed by atoms with Crippen LogP contribution in [0.25, 0.3) is 0 Å². The molecular formula is C14H16N4O4. The number of furan rings is 1. The Morgan fingerprint density at radius 1 is 1.45 bits per heavy atom. The summed E-state index contributed by atoms with van der Waals surface area (Å²) < 4.78 is 10.2. The van der Waals surface area contributed by atoms with Gasteiger partial charge in [0.05, 0.1) is 13.7 Å². The van der Waals surface area contributed by atoms with E-state index in [0.29, 0.717) is 25.2 Å². The van der Waals surface area contributed by atoms with Crippen molar-refractivity contribution in [2.24, 2.45) is 0 Å². The number of aromatic amines is 1. The molecule has 0 spiro atoms. The van der Waals surface area contributed by atoms with E-state index in [1.807, 2.05) is 0 Å². The van der Waals surface area contributed by atoms with E-state index in [-0.39, 0.29) is 23.5 Å². The van der Waals surface area contributed by atoms with Crippen molar-refractivity contribution in [2.75, 3.05) is 20.7 Å². The van der Waals surface area contributed by atoms with Gasteiger partial charge >= 0.3 is 0 Å². The highest BCUT2D eigenvalue weighted by atomic mass is 16.6. The van der Waals surface area contributed by atoms with Gasteiger partial charge in [0.15, 0.2) is 11.5 Å². The molecule has 2 N–H and O–H groups in total. The van der Waals surface area contributed by atoms with Crippen LogP contribution >= 0.6 is 0 Å². The minimum Gasteiger partial charge on any atom is -0.468 e. The molecule has 0 fully saturated rings. The maximum Gasteiger partial charge on any atom is 0.290 e. The van der Waals surface area contributed by atoms with Crippen LogP contribution in [0.1, 0.15) is 32.3 Å². The Morgan fingerprint density at radius 2 is 2.27 bits per heavy atom. The Hall–Kier alpha value is -2.77. The van der Waals surface area contributed by atoms with Gasteiger partial charge in [-0.15, -0.1) is 0 Å². The van der Waals surface area contributed by atoms with Crippen molar-refractivity contribution in [3.8, 4) is 5.95 Å². The van der Waals surface area contributed by atoms with E-state index in [0.717, 1.165) is 11.3 Å². The van der Waals surface area contributed by atoms with Crippen molar-refractivity contribution in [2.45, 2.75) is 13.0 Å². The molecule has 0 atom stereocenters. The van der Waals surface area contributed by atoms with Crippen LogP contribution in [0.3, 0.4) is 0 Å². The van der Waals surface area contributed by atoms with E-state index >= 15 is 0 Å². The van der Waals surface area contributed by atoms with E-state index in [9.17, 15) is 9.59 Å². The van der Waals surface area contributed by atoms with Crippen LogP contribution in [0.5, 0.6) is 5.95 Å². The second-order valence-electron chi connectivity index (χ2n) is 4.91. The lowest BCUT2D eigenvalue weighted by molar-refractivity contribution is 0.0693. The van der Waals surface area contributed by atoms with Crippen LogP contribution in [0, 0.1) is 0 Å². The smallest absolute Gasteiger partial charge is 0.290 e. The Bertz CT molecular complexity index is 718. The van der Waals surface area contributed by atoms with Crippen LogP contribution in [0.2, 0.25) is 0 Å². The summed E-state index contributed by atoms with van der Waals surface area (Å²) in [6.07, 6.45) is 0.614. The minimum absolute atomic E-state index is 0.213. The zero-order valence-corrected chi connectivity index (χ0v) is 12.3. The summed E-state index contributed by atoms with van der Waals surface area (Å²) in [6, 6.07) is 3.17. The first-order chi connectivity index (χ1) is 10.6. The number of carbonyl (C=O) groups is 2. The topological polar surface area (TPSA) is 100 Å². The summed E-state index contributed by atoms with van der Waals surface area (Å²) in [6.45, 7) is 0.848. The van der Waals surface area contributed by atoms with Gasteiger partial charge in [-0.25, -0.2) is 0 Å². The number of rotatable bonds is 3. The van der Waals surface area contributed by atoms with Crippen LogP contribution < -0.4 is 10.1 Å². The lowest BCUT2D eigenvalue weighted by Gasteiger charge is -2.26. The predicted octanol–water partition coefficient (Wildman–Crippen LogP) is 0.569. The molecule has 1 aliphatic rings. The van der Waals surface area contributed by atoms with Crippen LogP contribution in [0.15, 0.2) is 16.5 Å². The Balaban J connectivity index is 1.82. The van der Waals surface area contributed by atoms with Gasteiger partial charge in [-0.1, -0.05) is 0 Å². The highest BCUT2D eigenvalue weighted by Gasteiger charge is 2.29. The van der Waals surface area contributed by atoms with Crippen molar-refractivity contribution in [1.29, 1.82) is 0 Å². The van der Waals surface area contributed by atoms with Gasteiger partial charge in [0.1, 0.15) is 0 Å². The maximum absolute atomic E-state index is 12.5. The first-order valence-corrected chi connectivity index (χ1v) is 6.85. The number of methoxy groups -OCH3 is 1. The lowest BCUT2D eigenvalue weighted by atomic mass is 10.0. The zero-order chi connectivity index (χ0) is 15.7. The quantitative estimate of drug-likeness (QED) is 0.863. The van der Waals surface area contributed by atoms with E-state index in [1.165, 1.54) is 7.11 Å². The van der Waals surface area contributed by atoms with E-state index < -0.39 is 0 Å². The third kappa shape index (κ3) is 2.32. The molecule has 0 radical (unpaired) electrons. The molecule has 1 aliphatic heterocycles. The monoisotopic (exact) mass is 304 g/mol. The Kier molecular flexibility index (Phi) is 3.58. The van der Waals surface area contributed by atoms with E-state index in [1.54, 1.807) is 24.1 Å². The maximum atomic E-state index is 12.5. The molecule has 3 rings (SSSR count). The molecule has 2 aromatic heterocycles. The normalized spacial score (nSPS) is 13.6. The van der Waals surface area contributed by atoms with Crippen LogP contribution in [-0.2, 0) is 13.0 Å². The van der Waals surface area contributed by atoms with Gasteiger partial charge in [-0.05, 0) is 6.07 Å². The number of fused-ring (bicyclic) bond motifs is 1.